The van der Waals surface area contributed by atoms with Gasteiger partial charge in [-0.2, -0.15) is 0 Å². The van der Waals surface area contributed by atoms with E-state index in [1.807, 2.05) is 55.8 Å². The minimum absolute atomic E-state index is 0.307. The lowest BCUT2D eigenvalue weighted by Crippen LogP contribution is -2.44. The number of aromatic nitrogens is 2. The third-order valence-corrected chi connectivity index (χ3v) is 4.75. The van der Waals surface area contributed by atoms with Crippen molar-refractivity contribution < 1.29 is 9.52 Å². The number of para-hydroxylation sites is 1. The van der Waals surface area contributed by atoms with Crippen LogP contribution in [0.1, 0.15) is 36.5 Å². The molecule has 0 saturated carbocycles. The number of aliphatic hydroxyl groups is 1. The topological polar surface area (TPSA) is 87.6 Å². The molecule has 1 atom stereocenters. The Hall–Kier alpha value is -3.06. The van der Waals surface area contributed by atoms with Crippen LogP contribution in [0.2, 0.25) is 0 Å². The van der Waals surface area contributed by atoms with Crippen LogP contribution in [0.15, 0.2) is 58.5 Å². The largest absolute Gasteiger partial charge is 0.466 e. The maximum Gasteiger partial charge on any atom is 0.191 e. The molecule has 0 bridgehead atoms. The molecule has 0 aliphatic rings. The van der Waals surface area contributed by atoms with Crippen LogP contribution < -0.4 is 10.6 Å². The molecule has 1 unspecified atom stereocenters. The molecule has 0 aliphatic heterocycles. The van der Waals surface area contributed by atoms with Crippen LogP contribution >= 0.6 is 0 Å². The molecule has 0 amide bonds. The van der Waals surface area contributed by atoms with Crippen LogP contribution in [0.3, 0.4) is 0 Å². The Labute approximate surface area is 171 Å². The third-order valence-electron chi connectivity index (χ3n) is 4.75. The molecule has 7 heteroatoms. The maximum atomic E-state index is 10.9. The number of guanidine groups is 1. The Balaban J connectivity index is 1.74. The zero-order valence-electron chi connectivity index (χ0n) is 17.4. The quantitative estimate of drug-likeness (QED) is 0.423. The second-order valence-electron chi connectivity index (χ2n) is 7.25. The van der Waals surface area contributed by atoms with Crippen LogP contribution in [0.5, 0.6) is 0 Å². The molecule has 3 N–H and O–H groups in total. The van der Waals surface area contributed by atoms with Gasteiger partial charge in [-0.1, -0.05) is 18.2 Å². The zero-order chi connectivity index (χ0) is 20.9. The van der Waals surface area contributed by atoms with Crippen LogP contribution in [0, 0.1) is 13.8 Å². The van der Waals surface area contributed by atoms with Crippen molar-refractivity contribution in [3.8, 4) is 5.69 Å². The Bertz CT molecular complexity index is 958. The van der Waals surface area contributed by atoms with Gasteiger partial charge in [0.2, 0.25) is 0 Å². The van der Waals surface area contributed by atoms with E-state index in [4.69, 9.17) is 9.41 Å². The summed E-state index contributed by atoms with van der Waals surface area (Å²) in [6.07, 6.45) is 5.45. The number of hydrogen-bond acceptors (Lipinski definition) is 4. The van der Waals surface area contributed by atoms with Crippen LogP contribution in [0.4, 0.5) is 0 Å². The molecular formula is C22H29N5O2. The predicted molar refractivity (Wildman–Crippen MR) is 114 cm³/mol. The number of aliphatic imine (C=N–C) groups is 1. The molecule has 7 nitrogen and oxygen atoms in total. The minimum Gasteiger partial charge on any atom is -0.466 e. The van der Waals surface area contributed by atoms with Crippen molar-refractivity contribution in [3.05, 3.63) is 71.7 Å². The summed E-state index contributed by atoms with van der Waals surface area (Å²) < 4.78 is 7.54. The summed E-state index contributed by atoms with van der Waals surface area (Å²) in [5.74, 6) is 2.16. The van der Waals surface area contributed by atoms with Crippen molar-refractivity contribution in [2.24, 2.45) is 4.99 Å². The smallest absolute Gasteiger partial charge is 0.191 e. The number of imidazole rings is 1. The highest BCUT2D eigenvalue weighted by Gasteiger charge is 2.27. The van der Waals surface area contributed by atoms with Crippen molar-refractivity contribution in [1.29, 1.82) is 0 Å². The number of nitrogens with one attached hydrogen (secondary N) is 2. The van der Waals surface area contributed by atoms with Gasteiger partial charge in [0.25, 0.3) is 0 Å². The number of hydrogen-bond donors (Lipinski definition) is 3. The van der Waals surface area contributed by atoms with E-state index in [2.05, 4.69) is 21.7 Å². The van der Waals surface area contributed by atoms with Gasteiger partial charge in [-0.15, -0.1) is 0 Å². The van der Waals surface area contributed by atoms with Crippen molar-refractivity contribution in [2.45, 2.75) is 39.8 Å². The third kappa shape index (κ3) is 5.06. The molecule has 1 aromatic carbocycles. The molecule has 0 saturated heterocycles. The molecule has 0 fully saturated rings. The van der Waals surface area contributed by atoms with E-state index < -0.39 is 5.60 Å². The van der Waals surface area contributed by atoms with Crippen molar-refractivity contribution >= 4 is 5.96 Å². The molecular weight excluding hydrogens is 366 g/mol. The summed E-state index contributed by atoms with van der Waals surface area (Å²) in [5, 5.41) is 17.4. The molecule has 0 spiro atoms. The van der Waals surface area contributed by atoms with E-state index >= 15 is 0 Å². The Morgan fingerprint density at radius 3 is 2.72 bits per heavy atom. The van der Waals surface area contributed by atoms with Crippen LogP contribution in [0.25, 0.3) is 5.69 Å². The summed E-state index contributed by atoms with van der Waals surface area (Å²) in [7, 11) is 0. The zero-order valence-corrected chi connectivity index (χ0v) is 17.4. The monoisotopic (exact) mass is 395 g/mol. The highest BCUT2D eigenvalue weighted by atomic mass is 16.3. The Kier molecular flexibility index (Phi) is 6.39. The average Bonchev–Trinajstić information content (AvgIpc) is 3.34. The molecule has 2 aromatic heterocycles. The van der Waals surface area contributed by atoms with E-state index in [0.717, 1.165) is 34.9 Å². The summed E-state index contributed by atoms with van der Waals surface area (Å²) in [5.41, 5.74) is 1.83. The number of rotatable bonds is 7. The summed E-state index contributed by atoms with van der Waals surface area (Å²) in [6, 6.07) is 9.97. The lowest BCUT2D eigenvalue weighted by Gasteiger charge is -2.24. The van der Waals surface area contributed by atoms with Crippen molar-refractivity contribution in [1.82, 2.24) is 20.2 Å². The number of benzene rings is 1. The Morgan fingerprint density at radius 2 is 2.07 bits per heavy atom. The first-order chi connectivity index (χ1) is 13.9. The van der Waals surface area contributed by atoms with Crippen molar-refractivity contribution in [3.63, 3.8) is 0 Å². The van der Waals surface area contributed by atoms with Gasteiger partial charge in [-0.3, -0.25) is 0 Å². The van der Waals surface area contributed by atoms with E-state index in [-0.39, 0.29) is 0 Å². The van der Waals surface area contributed by atoms with Crippen LogP contribution in [-0.4, -0.2) is 33.7 Å². The van der Waals surface area contributed by atoms with Gasteiger partial charge in [0, 0.05) is 24.5 Å². The first kappa shape index (κ1) is 20.7. The number of furan rings is 1. The van der Waals surface area contributed by atoms with Gasteiger partial charge in [-0.05, 0) is 45.4 Å². The normalized spacial score (nSPS) is 13.9. The van der Waals surface area contributed by atoms with Gasteiger partial charge >= 0.3 is 0 Å². The Morgan fingerprint density at radius 1 is 1.28 bits per heavy atom. The van der Waals surface area contributed by atoms with Crippen LogP contribution in [-0.2, 0) is 12.1 Å². The molecule has 0 aliphatic carbocycles. The maximum absolute atomic E-state index is 10.9. The molecule has 154 valence electrons. The highest BCUT2D eigenvalue weighted by molar-refractivity contribution is 5.79. The number of nitrogens with zero attached hydrogens (tertiary/aromatic N) is 3. The lowest BCUT2D eigenvalue weighted by atomic mass is 9.96. The molecule has 2 heterocycles. The summed E-state index contributed by atoms with van der Waals surface area (Å²) in [4.78, 5) is 8.83. The molecule has 3 rings (SSSR count). The highest BCUT2D eigenvalue weighted by Crippen LogP contribution is 2.26. The van der Waals surface area contributed by atoms with E-state index in [1.54, 1.807) is 19.4 Å². The number of aryl methyl sites for hydroxylation is 2. The van der Waals surface area contributed by atoms with Gasteiger partial charge in [0.1, 0.15) is 17.1 Å². The van der Waals surface area contributed by atoms with E-state index in [1.165, 1.54) is 0 Å². The standard InChI is InChI=1S/C22H29N5O2/c1-5-24-21(26-14-22(4,28)19-12-16(2)29-17(19)3)25-13-18-8-6-7-9-20(18)27-11-10-23-15-27/h6-12,15,28H,5,13-14H2,1-4H3,(H2,24,25,26). The van der Waals surface area contributed by atoms with Gasteiger partial charge in [-0.25, -0.2) is 9.98 Å². The predicted octanol–water partition coefficient (Wildman–Crippen LogP) is 3.04. The fourth-order valence-corrected chi connectivity index (χ4v) is 3.32. The van der Waals surface area contributed by atoms with Crippen molar-refractivity contribution in [2.75, 3.05) is 13.1 Å². The summed E-state index contributed by atoms with van der Waals surface area (Å²) in [6.45, 7) is 9.05. The SMILES string of the molecule is CCNC(=NCc1ccccc1-n1ccnc1)NCC(C)(O)c1cc(C)oc1C. The van der Waals surface area contributed by atoms with Gasteiger partial charge in [0.15, 0.2) is 5.96 Å². The minimum atomic E-state index is -1.08. The van der Waals surface area contributed by atoms with E-state index in [9.17, 15) is 5.11 Å². The van der Waals surface area contributed by atoms with Gasteiger partial charge in [0.05, 0.1) is 25.1 Å². The molecule has 0 radical (unpaired) electrons. The van der Waals surface area contributed by atoms with E-state index in [0.29, 0.717) is 19.0 Å². The molecule has 3 aromatic rings. The second-order valence-corrected chi connectivity index (χ2v) is 7.25. The first-order valence-electron chi connectivity index (χ1n) is 9.79. The summed E-state index contributed by atoms with van der Waals surface area (Å²) >= 11 is 0. The van der Waals surface area contributed by atoms with Gasteiger partial charge < -0.3 is 24.7 Å². The fourth-order valence-electron chi connectivity index (χ4n) is 3.32. The first-order valence-corrected chi connectivity index (χ1v) is 9.79. The second kappa shape index (κ2) is 8.96. The molecule has 29 heavy (non-hydrogen) atoms. The fraction of sp³-hybridized carbons (Fsp3) is 0.364. The average molecular weight is 396 g/mol. The lowest BCUT2D eigenvalue weighted by molar-refractivity contribution is 0.0601.